The maximum atomic E-state index is 13.5. The van der Waals surface area contributed by atoms with Crippen LogP contribution in [0.25, 0.3) is 0 Å². The monoisotopic (exact) mass is 566 g/mol. The van der Waals surface area contributed by atoms with Crippen molar-refractivity contribution in [3.8, 4) is 5.75 Å². The van der Waals surface area contributed by atoms with Crippen molar-refractivity contribution < 1.29 is 27.1 Å². The summed E-state index contributed by atoms with van der Waals surface area (Å²) in [7, 11) is -4.12. The molecule has 0 spiro atoms. The number of hydrogen-bond donors (Lipinski definition) is 1. The van der Waals surface area contributed by atoms with E-state index < -0.39 is 28.3 Å². The second kappa shape index (κ2) is 13.2. The fourth-order valence-corrected chi connectivity index (χ4v) is 5.56. The Morgan fingerprint density at radius 2 is 1.62 bits per heavy atom. The molecular weight excluding hydrogens is 535 g/mol. The zero-order chi connectivity index (χ0) is 28.5. The van der Waals surface area contributed by atoms with Gasteiger partial charge in [-0.3, -0.25) is 13.9 Å². The number of piperidine rings is 1. The van der Waals surface area contributed by atoms with Crippen LogP contribution in [-0.4, -0.2) is 57.6 Å². The fraction of sp³-hybridized carbons (Fsp3) is 0.276. The lowest BCUT2D eigenvalue weighted by molar-refractivity contribution is -0.134. The smallest absolute Gasteiger partial charge is 0.264 e. The van der Waals surface area contributed by atoms with E-state index in [-0.39, 0.29) is 23.1 Å². The number of likely N-dealkylation sites (tertiary alicyclic amines) is 1. The van der Waals surface area contributed by atoms with Crippen LogP contribution in [0.5, 0.6) is 5.75 Å². The molecule has 4 rings (SSSR count). The molecule has 0 aromatic heterocycles. The number of rotatable bonds is 10. The zero-order valence-electron chi connectivity index (χ0n) is 22.1. The standard InChI is InChI=1S/C29H31FN4O5S/c1-22-5-15-27(16-6-22)40(37,38)34(25-11-9-24(30)10-12-25)20-28(35)32-31-19-23-7-13-26(14-8-23)39-21-29(36)33-17-3-2-4-18-33/h5-16,19H,2-4,17-18,20-21H2,1H3,(H,32,35)/b31-19-. The predicted octanol–water partition coefficient (Wildman–Crippen LogP) is 3.87. The number of aryl methyl sites for hydroxylation is 1. The van der Waals surface area contributed by atoms with Crippen LogP contribution in [0.2, 0.25) is 0 Å². The number of hydrazone groups is 1. The molecule has 0 radical (unpaired) electrons. The van der Waals surface area contributed by atoms with E-state index in [0.29, 0.717) is 11.3 Å². The average Bonchev–Trinajstić information content (AvgIpc) is 2.96. The molecule has 0 saturated carbocycles. The molecule has 1 fully saturated rings. The van der Waals surface area contributed by atoms with Crippen LogP contribution >= 0.6 is 0 Å². The van der Waals surface area contributed by atoms with E-state index in [9.17, 15) is 22.4 Å². The topological polar surface area (TPSA) is 108 Å². The summed E-state index contributed by atoms with van der Waals surface area (Å²) in [6.45, 7) is 2.76. The summed E-state index contributed by atoms with van der Waals surface area (Å²) >= 11 is 0. The van der Waals surface area contributed by atoms with Gasteiger partial charge in [-0.2, -0.15) is 5.10 Å². The number of benzene rings is 3. The molecule has 11 heteroatoms. The number of amides is 2. The van der Waals surface area contributed by atoms with Crippen LogP contribution in [0.1, 0.15) is 30.4 Å². The highest BCUT2D eigenvalue weighted by Gasteiger charge is 2.27. The molecule has 1 N–H and O–H groups in total. The van der Waals surface area contributed by atoms with Crippen molar-refractivity contribution in [2.45, 2.75) is 31.1 Å². The van der Waals surface area contributed by atoms with Crippen LogP contribution in [-0.2, 0) is 19.6 Å². The molecule has 0 unspecified atom stereocenters. The van der Waals surface area contributed by atoms with Crippen LogP contribution < -0.4 is 14.5 Å². The lowest BCUT2D eigenvalue weighted by atomic mass is 10.1. The van der Waals surface area contributed by atoms with Gasteiger partial charge in [0.2, 0.25) is 0 Å². The van der Waals surface area contributed by atoms with E-state index in [4.69, 9.17) is 4.74 Å². The Hall–Kier alpha value is -4.25. The Morgan fingerprint density at radius 1 is 0.975 bits per heavy atom. The summed E-state index contributed by atoms with van der Waals surface area (Å²) in [5.41, 5.74) is 4.00. The lowest BCUT2D eigenvalue weighted by Gasteiger charge is -2.26. The molecule has 9 nitrogen and oxygen atoms in total. The number of nitrogens with one attached hydrogen (secondary N) is 1. The summed E-state index contributed by atoms with van der Waals surface area (Å²) in [6, 6.07) is 17.9. The van der Waals surface area contributed by atoms with Gasteiger partial charge in [0, 0.05) is 13.1 Å². The summed E-state index contributed by atoms with van der Waals surface area (Å²) in [6.07, 6.45) is 4.58. The molecule has 0 aliphatic carbocycles. The van der Waals surface area contributed by atoms with Crippen molar-refractivity contribution in [2.24, 2.45) is 5.10 Å². The molecule has 0 atom stereocenters. The van der Waals surface area contributed by atoms with Crippen LogP contribution in [0.15, 0.2) is 82.8 Å². The van der Waals surface area contributed by atoms with Gasteiger partial charge in [0.1, 0.15) is 18.1 Å². The largest absolute Gasteiger partial charge is 0.484 e. The SMILES string of the molecule is Cc1ccc(S(=O)(=O)N(CC(=O)N/N=C\c2ccc(OCC(=O)N3CCCCC3)cc2)c2ccc(F)cc2)cc1. The fourth-order valence-electron chi connectivity index (χ4n) is 4.13. The van der Waals surface area contributed by atoms with Crippen molar-refractivity contribution in [3.05, 3.63) is 89.7 Å². The van der Waals surface area contributed by atoms with Gasteiger partial charge in [-0.1, -0.05) is 17.7 Å². The summed E-state index contributed by atoms with van der Waals surface area (Å²) in [5.74, 6) is -0.724. The highest BCUT2D eigenvalue weighted by Crippen LogP contribution is 2.24. The second-order valence-corrected chi connectivity index (χ2v) is 11.3. The number of anilines is 1. The number of carbonyl (C=O) groups is 2. The third kappa shape index (κ3) is 7.66. The molecule has 1 aliphatic heterocycles. The van der Waals surface area contributed by atoms with E-state index in [1.165, 1.54) is 30.5 Å². The van der Waals surface area contributed by atoms with Gasteiger partial charge in [0.15, 0.2) is 6.61 Å². The Labute approximate surface area is 233 Å². The molecule has 0 bridgehead atoms. The van der Waals surface area contributed by atoms with E-state index in [2.05, 4.69) is 10.5 Å². The minimum atomic E-state index is -4.12. The normalized spacial score (nSPS) is 13.7. The third-order valence-electron chi connectivity index (χ3n) is 6.36. The zero-order valence-corrected chi connectivity index (χ0v) is 22.9. The van der Waals surface area contributed by atoms with Gasteiger partial charge >= 0.3 is 0 Å². The number of halogens is 1. The van der Waals surface area contributed by atoms with Crippen molar-refractivity contribution in [1.82, 2.24) is 10.3 Å². The minimum Gasteiger partial charge on any atom is -0.484 e. The lowest BCUT2D eigenvalue weighted by Crippen LogP contribution is -2.39. The van der Waals surface area contributed by atoms with Crippen LogP contribution in [0.4, 0.5) is 10.1 Å². The Morgan fingerprint density at radius 3 is 2.27 bits per heavy atom. The van der Waals surface area contributed by atoms with Gasteiger partial charge in [-0.15, -0.1) is 0 Å². The Bertz CT molecular complexity index is 1440. The highest BCUT2D eigenvalue weighted by molar-refractivity contribution is 7.92. The van der Waals surface area contributed by atoms with Crippen molar-refractivity contribution in [2.75, 3.05) is 30.5 Å². The molecule has 210 valence electrons. The van der Waals surface area contributed by atoms with E-state index in [1.54, 1.807) is 36.4 Å². The number of nitrogens with zero attached hydrogens (tertiary/aromatic N) is 3. The quantitative estimate of drug-likeness (QED) is 0.296. The van der Waals surface area contributed by atoms with Crippen LogP contribution in [0.3, 0.4) is 0 Å². The first-order valence-corrected chi connectivity index (χ1v) is 14.3. The third-order valence-corrected chi connectivity index (χ3v) is 8.15. The number of hydrogen-bond acceptors (Lipinski definition) is 6. The van der Waals surface area contributed by atoms with Crippen molar-refractivity contribution in [3.63, 3.8) is 0 Å². The van der Waals surface area contributed by atoms with Gasteiger partial charge in [-0.25, -0.2) is 18.2 Å². The number of sulfonamides is 1. The predicted molar refractivity (Wildman–Crippen MR) is 150 cm³/mol. The van der Waals surface area contributed by atoms with Gasteiger partial charge < -0.3 is 9.64 Å². The Kier molecular flexibility index (Phi) is 9.49. The first-order chi connectivity index (χ1) is 19.2. The summed E-state index contributed by atoms with van der Waals surface area (Å²) in [5, 5.41) is 3.93. The molecular formula is C29H31FN4O5S. The summed E-state index contributed by atoms with van der Waals surface area (Å²) < 4.78 is 46.7. The number of ether oxygens (including phenoxy) is 1. The second-order valence-electron chi connectivity index (χ2n) is 9.39. The molecule has 1 saturated heterocycles. The summed E-state index contributed by atoms with van der Waals surface area (Å²) in [4.78, 5) is 26.8. The highest BCUT2D eigenvalue weighted by atomic mass is 32.2. The first-order valence-electron chi connectivity index (χ1n) is 12.9. The van der Waals surface area contributed by atoms with Crippen molar-refractivity contribution in [1.29, 1.82) is 0 Å². The van der Waals surface area contributed by atoms with Gasteiger partial charge in [0.25, 0.3) is 21.8 Å². The maximum absolute atomic E-state index is 13.5. The van der Waals surface area contributed by atoms with Crippen LogP contribution in [0, 0.1) is 12.7 Å². The number of carbonyl (C=O) groups excluding carboxylic acids is 2. The maximum Gasteiger partial charge on any atom is 0.264 e. The van der Waals surface area contributed by atoms with E-state index in [0.717, 1.165) is 54.4 Å². The molecule has 1 aliphatic rings. The van der Waals surface area contributed by atoms with Gasteiger partial charge in [-0.05, 0) is 92.4 Å². The molecule has 3 aromatic carbocycles. The molecule has 3 aromatic rings. The molecule has 2 amide bonds. The van der Waals surface area contributed by atoms with Gasteiger partial charge in [0.05, 0.1) is 16.8 Å². The Balaban J connectivity index is 1.36. The van der Waals surface area contributed by atoms with E-state index >= 15 is 0 Å². The van der Waals surface area contributed by atoms with Crippen molar-refractivity contribution >= 4 is 33.7 Å². The molecule has 1 heterocycles. The van der Waals surface area contributed by atoms with E-state index in [1.807, 2.05) is 11.8 Å². The minimum absolute atomic E-state index is 0.00124. The molecule has 40 heavy (non-hydrogen) atoms. The average molecular weight is 567 g/mol. The first kappa shape index (κ1) is 28.8.